The Bertz CT molecular complexity index is 603. The summed E-state index contributed by atoms with van der Waals surface area (Å²) in [5.74, 6) is 0.745. The SMILES string of the molecule is C[C@H]1CCN(S(=O)(=O)c2cccc([N+](=O)[O-])c2)CCS1. The summed E-state index contributed by atoms with van der Waals surface area (Å²) in [7, 11) is -3.65. The molecule has 0 spiro atoms. The number of non-ortho nitro benzene ring substituents is 1. The lowest BCUT2D eigenvalue weighted by atomic mass is 10.3. The Morgan fingerprint density at radius 3 is 2.85 bits per heavy atom. The summed E-state index contributed by atoms with van der Waals surface area (Å²) in [4.78, 5) is 10.2. The van der Waals surface area contributed by atoms with Crippen molar-refractivity contribution >= 4 is 27.5 Å². The number of nitrogens with zero attached hydrogens (tertiary/aromatic N) is 2. The van der Waals surface area contributed by atoms with Crippen molar-refractivity contribution in [2.75, 3.05) is 18.8 Å². The Hall–Kier alpha value is -1.12. The highest BCUT2D eigenvalue weighted by atomic mass is 32.2. The fourth-order valence-corrected chi connectivity index (χ4v) is 4.64. The average molecular weight is 316 g/mol. The van der Waals surface area contributed by atoms with Crippen LogP contribution in [-0.2, 0) is 10.0 Å². The van der Waals surface area contributed by atoms with E-state index in [-0.39, 0.29) is 10.6 Å². The first-order valence-electron chi connectivity index (χ1n) is 6.27. The van der Waals surface area contributed by atoms with Gasteiger partial charge in [0.25, 0.3) is 5.69 Å². The second-order valence-electron chi connectivity index (χ2n) is 4.63. The molecule has 1 aliphatic rings. The number of benzene rings is 1. The van der Waals surface area contributed by atoms with Gasteiger partial charge in [0.1, 0.15) is 0 Å². The minimum absolute atomic E-state index is 0.00810. The van der Waals surface area contributed by atoms with Gasteiger partial charge >= 0.3 is 0 Å². The minimum atomic E-state index is -3.65. The highest BCUT2D eigenvalue weighted by molar-refractivity contribution is 8.00. The van der Waals surface area contributed by atoms with Crippen molar-refractivity contribution in [2.45, 2.75) is 23.5 Å². The van der Waals surface area contributed by atoms with Crippen LogP contribution in [0.4, 0.5) is 5.69 Å². The Morgan fingerprint density at radius 1 is 1.40 bits per heavy atom. The van der Waals surface area contributed by atoms with Gasteiger partial charge in [0.05, 0.1) is 9.82 Å². The van der Waals surface area contributed by atoms with Gasteiger partial charge in [-0.05, 0) is 12.5 Å². The highest BCUT2D eigenvalue weighted by Crippen LogP contribution is 2.25. The topological polar surface area (TPSA) is 80.5 Å². The van der Waals surface area contributed by atoms with Crippen LogP contribution in [0, 0.1) is 10.1 Å². The van der Waals surface area contributed by atoms with E-state index in [2.05, 4.69) is 6.92 Å². The molecule has 8 heteroatoms. The summed E-state index contributed by atoms with van der Waals surface area (Å²) in [6.07, 6.45) is 0.790. The Morgan fingerprint density at radius 2 is 2.15 bits per heavy atom. The number of rotatable bonds is 3. The van der Waals surface area contributed by atoms with Gasteiger partial charge in [0.15, 0.2) is 0 Å². The van der Waals surface area contributed by atoms with Crippen LogP contribution >= 0.6 is 11.8 Å². The Labute approximate surface area is 122 Å². The van der Waals surface area contributed by atoms with Gasteiger partial charge in [-0.1, -0.05) is 13.0 Å². The van der Waals surface area contributed by atoms with E-state index < -0.39 is 14.9 Å². The average Bonchev–Trinajstić information content (AvgIpc) is 2.64. The first-order valence-corrected chi connectivity index (χ1v) is 8.76. The van der Waals surface area contributed by atoms with Gasteiger partial charge in [0, 0.05) is 36.2 Å². The predicted octanol–water partition coefficient (Wildman–Crippen LogP) is 2.11. The molecule has 1 saturated heterocycles. The molecule has 1 heterocycles. The van der Waals surface area contributed by atoms with E-state index >= 15 is 0 Å². The maximum atomic E-state index is 12.5. The van der Waals surface area contributed by atoms with Gasteiger partial charge in [-0.2, -0.15) is 16.1 Å². The molecule has 2 rings (SSSR count). The molecule has 0 saturated carbocycles. The summed E-state index contributed by atoms with van der Waals surface area (Å²) in [6.45, 7) is 2.98. The molecule has 1 aromatic carbocycles. The molecule has 6 nitrogen and oxygen atoms in total. The third-order valence-electron chi connectivity index (χ3n) is 3.19. The summed E-state index contributed by atoms with van der Waals surface area (Å²) in [6, 6.07) is 5.22. The number of nitro benzene ring substituents is 1. The van der Waals surface area contributed by atoms with E-state index in [4.69, 9.17) is 0 Å². The second kappa shape index (κ2) is 6.11. The zero-order valence-electron chi connectivity index (χ0n) is 11.1. The molecule has 0 aliphatic carbocycles. The van der Waals surface area contributed by atoms with Crippen LogP contribution in [-0.4, -0.2) is 41.7 Å². The number of thioether (sulfide) groups is 1. The van der Waals surface area contributed by atoms with Crippen molar-refractivity contribution in [3.63, 3.8) is 0 Å². The van der Waals surface area contributed by atoms with Crippen molar-refractivity contribution in [2.24, 2.45) is 0 Å². The van der Waals surface area contributed by atoms with Crippen LogP contribution in [0.3, 0.4) is 0 Å². The zero-order valence-corrected chi connectivity index (χ0v) is 12.7. The normalized spacial score (nSPS) is 21.4. The van der Waals surface area contributed by atoms with Crippen molar-refractivity contribution in [1.82, 2.24) is 4.31 Å². The smallest absolute Gasteiger partial charge is 0.258 e. The van der Waals surface area contributed by atoms with Crippen molar-refractivity contribution in [3.8, 4) is 0 Å². The quantitative estimate of drug-likeness (QED) is 0.630. The molecule has 0 unspecified atom stereocenters. The van der Waals surface area contributed by atoms with E-state index in [9.17, 15) is 18.5 Å². The largest absolute Gasteiger partial charge is 0.270 e. The highest BCUT2D eigenvalue weighted by Gasteiger charge is 2.27. The van der Waals surface area contributed by atoms with Gasteiger partial charge in [-0.3, -0.25) is 10.1 Å². The minimum Gasteiger partial charge on any atom is -0.258 e. The van der Waals surface area contributed by atoms with Gasteiger partial charge in [-0.25, -0.2) is 8.42 Å². The first kappa shape index (κ1) is 15.3. The summed E-state index contributed by atoms with van der Waals surface area (Å²) < 4.78 is 26.5. The number of nitro groups is 1. The molecule has 0 radical (unpaired) electrons. The maximum absolute atomic E-state index is 12.5. The van der Waals surface area contributed by atoms with Crippen molar-refractivity contribution in [3.05, 3.63) is 34.4 Å². The van der Waals surface area contributed by atoms with Crippen LogP contribution in [0.5, 0.6) is 0 Å². The van der Waals surface area contributed by atoms with Crippen molar-refractivity contribution in [1.29, 1.82) is 0 Å². The monoisotopic (exact) mass is 316 g/mol. The van der Waals surface area contributed by atoms with Crippen molar-refractivity contribution < 1.29 is 13.3 Å². The van der Waals surface area contributed by atoms with Crippen LogP contribution in [0.25, 0.3) is 0 Å². The Balaban J connectivity index is 2.29. The van der Waals surface area contributed by atoms with E-state index in [1.807, 2.05) is 0 Å². The van der Waals surface area contributed by atoms with Gasteiger partial charge in [0.2, 0.25) is 10.0 Å². The fraction of sp³-hybridized carbons (Fsp3) is 0.500. The molecule has 1 atom stereocenters. The molecule has 20 heavy (non-hydrogen) atoms. The van der Waals surface area contributed by atoms with E-state index in [1.54, 1.807) is 11.8 Å². The summed E-state index contributed by atoms with van der Waals surface area (Å²) in [5, 5.41) is 11.2. The molecular formula is C12H16N2O4S2. The maximum Gasteiger partial charge on any atom is 0.270 e. The number of sulfonamides is 1. The summed E-state index contributed by atoms with van der Waals surface area (Å²) in [5.41, 5.74) is -0.205. The molecule has 1 aromatic rings. The molecule has 0 N–H and O–H groups in total. The standard InChI is InChI=1S/C12H16N2O4S2/c1-10-5-6-13(7-8-19-10)20(17,18)12-4-2-3-11(9-12)14(15)16/h2-4,9-10H,5-8H2,1H3/t10-/m0/s1. The molecule has 110 valence electrons. The lowest BCUT2D eigenvalue weighted by Crippen LogP contribution is -2.33. The number of hydrogen-bond acceptors (Lipinski definition) is 5. The van der Waals surface area contributed by atoms with Crippen LogP contribution in [0.15, 0.2) is 29.2 Å². The molecule has 0 aromatic heterocycles. The first-order chi connectivity index (χ1) is 9.41. The third kappa shape index (κ3) is 3.31. The summed E-state index contributed by atoms with van der Waals surface area (Å²) >= 11 is 1.75. The van der Waals surface area contributed by atoms with Gasteiger partial charge < -0.3 is 0 Å². The predicted molar refractivity (Wildman–Crippen MR) is 78.4 cm³/mol. The molecule has 0 bridgehead atoms. The van der Waals surface area contributed by atoms with Crippen LogP contribution < -0.4 is 0 Å². The third-order valence-corrected chi connectivity index (χ3v) is 6.31. The molecule has 1 aliphatic heterocycles. The lowest BCUT2D eigenvalue weighted by molar-refractivity contribution is -0.385. The van der Waals surface area contributed by atoms with E-state index in [0.29, 0.717) is 18.3 Å². The molecule has 0 amide bonds. The van der Waals surface area contributed by atoms with Crippen LogP contribution in [0.1, 0.15) is 13.3 Å². The van der Waals surface area contributed by atoms with E-state index in [1.165, 1.54) is 22.5 Å². The second-order valence-corrected chi connectivity index (χ2v) is 8.11. The Kier molecular flexibility index (Phi) is 4.66. The fourth-order valence-electron chi connectivity index (χ4n) is 2.02. The van der Waals surface area contributed by atoms with E-state index in [0.717, 1.165) is 18.2 Å². The zero-order chi connectivity index (χ0) is 14.8. The van der Waals surface area contributed by atoms with Gasteiger partial charge in [-0.15, -0.1) is 0 Å². The molecule has 1 fully saturated rings. The number of hydrogen-bond donors (Lipinski definition) is 0. The lowest BCUT2D eigenvalue weighted by Gasteiger charge is -2.19. The van der Waals surface area contributed by atoms with Crippen LogP contribution in [0.2, 0.25) is 0 Å². The molecular weight excluding hydrogens is 300 g/mol.